The lowest BCUT2D eigenvalue weighted by molar-refractivity contribution is -0.116. The number of carbonyl (C=O) groups excluding carboxylic acids is 1. The zero-order chi connectivity index (χ0) is 15.9. The number of ether oxygens (including phenoxy) is 1. The maximum Gasteiger partial charge on any atom is 0.226 e. The molecule has 4 nitrogen and oxygen atoms in total. The summed E-state index contributed by atoms with van der Waals surface area (Å²) in [6, 6.07) is 5.98. The fourth-order valence-corrected chi connectivity index (χ4v) is 2.92. The van der Waals surface area contributed by atoms with E-state index in [-0.39, 0.29) is 5.91 Å². The molecule has 0 fully saturated rings. The molecule has 0 aliphatic carbocycles. The first-order valence-electron chi connectivity index (χ1n) is 7.54. The summed E-state index contributed by atoms with van der Waals surface area (Å²) in [4.78, 5) is 16.3. The van der Waals surface area contributed by atoms with Crippen LogP contribution in [0.3, 0.4) is 0 Å². The Balaban J connectivity index is 2.08. The van der Waals surface area contributed by atoms with Crippen molar-refractivity contribution < 1.29 is 9.53 Å². The van der Waals surface area contributed by atoms with Gasteiger partial charge in [0.25, 0.3) is 0 Å². The Bertz CT molecular complexity index is 637. The van der Waals surface area contributed by atoms with Crippen molar-refractivity contribution in [2.45, 2.75) is 39.5 Å². The van der Waals surface area contributed by atoms with Gasteiger partial charge in [0.05, 0.1) is 12.8 Å². The second kappa shape index (κ2) is 7.94. The molecular formula is C17H22N2O2S. The van der Waals surface area contributed by atoms with Crippen LogP contribution in [0.25, 0.3) is 11.3 Å². The smallest absolute Gasteiger partial charge is 0.226 e. The quantitative estimate of drug-likeness (QED) is 0.756. The van der Waals surface area contributed by atoms with Gasteiger partial charge in [-0.25, -0.2) is 4.98 Å². The highest BCUT2D eigenvalue weighted by molar-refractivity contribution is 7.14. The average molecular weight is 318 g/mol. The van der Waals surface area contributed by atoms with Crippen molar-refractivity contribution >= 4 is 22.4 Å². The van der Waals surface area contributed by atoms with Gasteiger partial charge in [0.2, 0.25) is 5.91 Å². The van der Waals surface area contributed by atoms with Crippen LogP contribution in [-0.4, -0.2) is 18.0 Å². The monoisotopic (exact) mass is 318 g/mol. The van der Waals surface area contributed by atoms with Crippen molar-refractivity contribution in [1.29, 1.82) is 0 Å². The number of rotatable bonds is 7. The van der Waals surface area contributed by atoms with Crippen molar-refractivity contribution in [3.8, 4) is 17.0 Å². The van der Waals surface area contributed by atoms with Crippen molar-refractivity contribution in [3.05, 3.63) is 29.1 Å². The Morgan fingerprint density at radius 3 is 2.91 bits per heavy atom. The third-order valence-electron chi connectivity index (χ3n) is 3.39. The number of nitrogens with one attached hydrogen (secondary N) is 1. The summed E-state index contributed by atoms with van der Waals surface area (Å²) in [6.07, 6.45) is 3.67. The lowest BCUT2D eigenvalue weighted by atomic mass is 10.1. The molecule has 2 aromatic rings. The molecule has 0 radical (unpaired) electrons. The molecule has 0 aliphatic heterocycles. The predicted molar refractivity (Wildman–Crippen MR) is 91.6 cm³/mol. The van der Waals surface area contributed by atoms with E-state index in [9.17, 15) is 4.79 Å². The molecule has 118 valence electrons. The van der Waals surface area contributed by atoms with E-state index in [1.54, 1.807) is 7.11 Å². The second-order valence-corrected chi connectivity index (χ2v) is 6.11. The van der Waals surface area contributed by atoms with Crippen molar-refractivity contribution in [2.24, 2.45) is 0 Å². The van der Waals surface area contributed by atoms with Gasteiger partial charge in [-0.3, -0.25) is 4.79 Å². The molecule has 1 amide bonds. The topological polar surface area (TPSA) is 51.2 Å². The first-order chi connectivity index (χ1) is 10.6. The maximum atomic E-state index is 11.8. The van der Waals surface area contributed by atoms with Gasteiger partial charge < -0.3 is 10.1 Å². The number of thiazole rings is 1. The minimum absolute atomic E-state index is 0.0329. The number of nitrogens with zero attached hydrogens (tertiary/aromatic N) is 1. The van der Waals surface area contributed by atoms with Crippen LogP contribution in [0, 0.1) is 6.92 Å². The highest BCUT2D eigenvalue weighted by Crippen LogP contribution is 2.32. The van der Waals surface area contributed by atoms with Crippen LogP contribution in [0.5, 0.6) is 5.75 Å². The van der Waals surface area contributed by atoms with Crippen LogP contribution >= 0.6 is 11.3 Å². The Morgan fingerprint density at radius 2 is 2.18 bits per heavy atom. The van der Waals surface area contributed by atoms with E-state index in [2.05, 4.69) is 17.2 Å². The van der Waals surface area contributed by atoms with E-state index in [1.165, 1.54) is 11.3 Å². The number of aromatic nitrogens is 1. The minimum atomic E-state index is 0.0329. The molecule has 0 aliphatic rings. The summed E-state index contributed by atoms with van der Waals surface area (Å²) in [5.74, 6) is 0.822. The fourth-order valence-electron chi connectivity index (χ4n) is 2.19. The summed E-state index contributed by atoms with van der Waals surface area (Å²) in [5.41, 5.74) is 2.92. The molecule has 0 saturated heterocycles. The fraction of sp³-hybridized carbons (Fsp3) is 0.412. The molecule has 1 aromatic heterocycles. The number of benzene rings is 1. The minimum Gasteiger partial charge on any atom is -0.496 e. The third kappa shape index (κ3) is 4.31. The standard InChI is InChI=1S/C17H22N2O2S/c1-4-5-6-7-16(20)19-17-18-14(11-22-17)13-10-12(2)8-9-15(13)21-3/h8-11H,4-7H2,1-3H3,(H,18,19,20). The van der Waals surface area contributed by atoms with Gasteiger partial charge in [0.15, 0.2) is 5.13 Å². The Morgan fingerprint density at radius 1 is 1.36 bits per heavy atom. The van der Waals surface area contributed by atoms with Gasteiger partial charge >= 0.3 is 0 Å². The van der Waals surface area contributed by atoms with Crippen LogP contribution < -0.4 is 10.1 Å². The first-order valence-corrected chi connectivity index (χ1v) is 8.42. The van der Waals surface area contributed by atoms with Crippen LogP contribution in [0.1, 0.15) is 38.2 Å². The number of anilines is 1. The molecule has 0 atom stereocenters. The summed E-state index contributed by atoms with van der Waals surface area (Å²) in [6.45, 7) is 4.16. The van der Waals surface area contributed by atoms with Crippen molar-refractivity contribution in [3.63, 3.8) is 0 Å². The molecule has 0 saturated carbocycles. The molecule has 1 aromatic carbocycles. The largest absolute Gasteiger partial charge is 0.496 e. The molecule has 5 heteroatoms. The number of unbranched alkanes of at least 4 members (excludes halogenated alkanes) is 2. The van der Waals surface area contributed by atoms with E-state index in [4.69, 9.17) is 4.74 Å². The second-order valence-electron chi connectivity index (χ2n) is 5.25. The molecule has 0 bridgehead atoms. The highest BCUT2D eigenvalue weighted by atomic mass is 32.1. The Kier molecular flexibility index (Phi) is 5.95. The highest BCUT2D eigenvalue weighted by Gasteiger charge is 2.11. The molecule has 22 heavy (non-hydrogen) atoms. The number of hydrogen-bond donors (Lipinski definition) is 1. The van der Waals surface area contributed by atoms with Gasteiger partial charge in [-0.2, -0.15) is 0 Å². The summed E-state index contributed by atoms with van der Waals surface area (Å²) >= 11 is 1.44. The predicted octanol–water partition coefficient (Wildman–Crippen LogP) is 4.65. The first kappa shape index (κ1) is 16.5. The molecular weight excluding hydrogens is 296 g/mol. The van der Waals surface area contributed by atoms with Gasteiger partial charge in [0, 0.05) is 17.4 Å². The van der Waals surface area contributed by atoms with Gasteiger partial charge in [0.1, 0.15) is 5.75 Å². The number of methoxy groups -OCH3 is 1. The number of carbonyl (C=O) groups is 1. The number of aryl methyl sites for hydroxylation is 1. The van der Waals surface area contributed by atoms with Crippen LogP contribution in [0.4, 0.5) is 5.13 Å². The zero-order valence-corrected chi connectivity index (χ0v) is 14.1. The lowest BCUT2D eigenvalue weighted by Gasteiger charge is -2.07. The van der Waals surface area contributed by atoms with Crippen LogP contribution in [-0.2, 0) is 4.79 Å². The SMILES string of the molecule is CCCCCC(=O)Nc1nc(-c2cc(C)ccc2OC)cs1. The molecule has 1 heterocycles. The Labute approximate surface area is 135 Å². The molecule has 2 rings (SSSR count). The van der Waals surface area contributed by atoms with Gasteiger partial charge in [-0.15, -0.1) is 11.3 Å². The van der Waals surface area contributed by atoms with Crippen molar-refractivity contribution in [1.82, 2.24) is 4.98 Å². The number of hydrogen-bond acceptors (Lipinski definition) is 4. The van der Waals surface area contributed by atoms with Crippen LogP contribution in [0.2, 0.25) is 0 Å². The zero-order valence-electron chi connectivity index (χ0n) is 13.3. The summed E-state index contributed by atoms with van der Waals surface area (Å²) in [5, 5.41) is 5.45. The van der Waals surface area contributed by atoms with Crippen molar-refractivity contribution in [2.75, 3.05) is 12.4 Å². The van der Waals surface area contributed by atoms with Crippen LogP contribution in [0.15, 0.2) is 23.6 Å². The van der Waals surface area contributed by atoms with E-state index in [0.717, 1.165) is 41.8 Å². The van der Waals surface area contributed by atoms with E-state index in [0.29, 0.717) is 11.6 Å². The van der Waals surface area contributed by atoms with E-state index < -0.39 is 0 Å². The summed E-state index contributed by atoms with van der Waals surface area (Å²) in [7, 11) is 1.65. The summed E-state index contributed by atoms with van der Waals surface area (Å²) < 4.78 is 5.39. The van der Waals surface area contributed by atoms with Gasteiger partial charge in [-0.05, 0) is 25.5 Å². The number of amides is 1. The normalized spacial score (nSPS) is 10.5. The van der Waals surface area contributed by atoms with Gasteiger partial charge in [-0.1, -0.05) is 31.4 Å². The maximum absolute atomic E-state index is 11.8. The third-order valence-corrected chi connectivity index (χ3v) is 4.15. The Hall–Kier alpha value is -1.88. The van der Waals surface area contributed by atoms with E-state index >= 15 is 0 Å². The molecule has 0 unspecified atom stereocenters. The average Bonchev–Trinajstić information content (AvgIpc) is 2.95. The van der Waals surface area contributed by atoms with E-state index in [1.807, 2.05) is 30.5 Å². The lowest BCUT2D eigenvalue weighted by Crippen LogP contribution is -2.10. The molecule has 0 spiro atoms. The molecule has 1 N–H and O–H groups in total.